The van der Waals surface area contributed by atoms with Crippen molar-refractivity contribution in [2.45, 2.75) is 37.7 Å². The minimum Gasteiger partial charge on any atom is -0.465 e. The van der Waals surface area contributed by atoms with Gasteiger partial charge in [0, 0.05) is 4.92 Å². The SMILES string of the molecule is CCOC(=O)C(CC)SC(C)C[N+](=O)[O-]. The second-order valence-corrected chi connectivity index (χ2v) is 4.76. The molecule has 2 unspecified atom stereocenters. The molecular formula is C9H17NO4S. The molecule has 0 fully saturated rings. The van der Waals surface area contributed by atoms with Gasteiger partial charge in [0.05, 0.1) is 11.9 Å². The van der Waals surface area contributed by atoms with Crippen LogP contribution in [-0.4, -0.2) is 34.5 Å². The molecule has 5 nitrogen and oxygen atoms in total. The van der Waals surface area contributed by atoms with Crippen LogP contribution in [0.25, 0.3) is 0 Å². The zero-order chi connectivity index (χ0) is 11.8. The molecule has 6 heteroatoms. The molecule has 0 aromatic heterocycles. The van der Waals surface area contributed by atoms with Gasteiger partial charge in [-0.05, 0) is 20.3 Å². The van der Waals surface area contributed by atoms with Crippen molar-refractivity contribution in [3.05, 3.63) is 10.1 Å². The van der Waals surface area contributed by atoms with E-state index in [1.807, 2.05) is 6.92 Å². The van der Waals surface area contributed by atoms with E-state index in [4.69, 9.17) is 4.74 Å². The Bertz CT molecular complexity index is 222. The Kier molecular flexibility index (Phi) is 7.11. The number of carbonyl (C=O) groups excluding carboxylic acids is 1. The monoisotopic (exact) mass is 235 g/mol. The topological polar surface area (TPSA) is 69.4 Å². The maximum absolute atomic E-state index is 11.4. The molecule has 0 heterocycles. The van der Waals surface area contributed by atoms with Crippen LogP contribution in [0.5, 0.6) is 0 Å². The Morgan fingerprint density at radius 2 is 2.13 bits per heavy atom. The Morgan fingerprint density at radius 1 is 1.53 bits per heavy atom. The highest BCUT2D eigenvalue weighted by Gasteiger charge is 2.23. The first-order chi connectivity index (χ1) is 7.01. The fourth-order valence-corrected chi connectivity index (χ4v) is 2.23. The fraction of sp³-hybridized carbons (Fsp3) is 0.889. The Hall–Kier alpha value is -0.780. The fourth-order valence-electron chi connectivity index (χ4n) is 1.09. The van der Waals surface area contributed by atoms with E-state index >= 15 is 0 Å². The van der Waals surface area contributed by atoms with Crippen molar-refractivity contribution in [2.75, 3.05) is 13.2 Å². The van der Waals surface area contributed by atoms with Gasteiger partial charge in [-0.2, -0.15) is 0 Å². The van der Waals surface area contributed by atoms with Gasteiger partial charge in [-0.25, -0.2) is 0 Å². The zero-order valence-electron chi connectivity index (χ0n) is 9.26. The Morgan fingerprint density at radius 3 is 2.53 bits per heavy atom. The van der Waals surface area contributed by atoms with E-state index in [1.54, 1.807) is 13.8 Å². The summed E-state index contributed by atoms with van der Waals surface area (Å²) in [5.41, 5.74) is 0. The summed E-state index contributed by atoms with van der Waals surface area (Å²) >= 11 is 1.30. The molecule has 0 rings (SSSR count). The molecule has 0 radical (unpaired) electrons. The molecule has 0 aliphatic heterocycles. The van der Waals surface area contributed by atoms with Crippen molar-refractivity contribution in [2.24, 2.45) is 0 Å². The normalized spacial score (nSPS) is 14.3. The molecule has 0 aromatic carbocycles. The van der Waals surface area contributed by atoms with Gasteiger partial charge in [0.15, 0.2) is 0 Å². The number of nitro groups is 1. The van der Waals surface area contributed by atoms with Gasteiger partial charge < -0.3 is 4.74 Å². The molecule has 88 valence electrons. The summed E-state index contributed by atoms with van der Waals surface area (Å²) < 4.78 is 4.87. The van der Waals surface area contributed by atoms with E-state index in [2.05, 4.69) is 0 Å². The van der Waals surface area contributed by atoms with Crippen LogP contribution in [0.4, 0.5) is 0 Å². The Labute approximate surface area is 93.7 Å². The van der Waals surface area contributed by atoms with E-state index in [-0.39, 0.29) is 27.9 Å². The van der Waals surface area contributed by atoms with Crippen LogP contribution in [-0.2, 0) is 9.53 Å². The van der Waals surface area contributed by atoms with Gasteiger partial charge in [-0.15, -0.1) is 11.8 Å². The number of hydrogen-bond donors (Lipinski definition) is 0. The minimum absolute atomic E-state index is 0.124. The lowest BCUT2D eigenvalue weighted by molar-refractivity contribution is -0.478. The maximum atomic E-state index is 11.4. The van der Waals surface area contributed by atoms with E-state index in [0.29, 0.717) is 13.0 Å². The van der Waals surface area contributed by atoms with Crippen LogP contribution in [0, 0.1) is 10.1 Å². The molecule has 15 heavy (non-hydrogen) atoms. The number of ether oxygens (including phenoxy) is 1. The highest BCUT2D eigenvalue weighted by Crippen LogP contribution is 2.21. The van der Waals surface area contributed by atoms with Crippen molar-refractivity contribution >= 4 is 17.7 Å². The van der Waals surface area contributed by atoms with Crippen LogP contribution in [0.3, 0.4) is 0 Å². The number of hydrogen-bond acceptors (Lipinski definition) is 5. The zero-order valence-corrected chi connectivity index (χ0v) is 10.1. The lowest BCUT2D eigenvalue weighted by atomic mass is 10.3. The van der Waals surface area contributed by atoms with Crippen LogP contribution >= 0.6 is 11.8 Å². The van der Waals surface area contributed by atoms with Crippen LogP contribution < -0.4 is 0 Å². The van der Waals surface area contributed by atoms with Gasteiger partial charge in [-0.3, -0.25) is 14.9 Å². The summed E-state index contributed by atoms with van der Waals surface area (Å²) in [5.74, 6) is -0.278. The quantitative estimate of drug-likeness (QED) is 0.382. The summed E-state index contributed by atoms with van der Waals surface area (Å²) in [6, 6.07) is 0. The molecule has 0 N–H and O–H groups in total. The van der Waals surface area contributed by atoms with Gasteiger partial charge in [0.2, 0.25) is 6.54 Å². The highest BCUT2D eigenvalue weighted by molar-refractivity contribution is 8.01. The van der Waals surface area contributed by atoms with Crippen molar-refractivity contribution in [3.63, 3.8) is 0 Å². The van der Waals surface area contributed by atoms with Gasteiger partial charge in [0.1, 0.15) is 5.25 Å². The van der Waals surface area contributed by atoms with Crippen molar-refractivity contribution in [1.82, 2.24) is 0 Å². The van der Waals surface area contributed by atoms with Crippen LogP contribution in [0.15, 0.2) is 0 Å². The third kappa shape index (κ3) is 6.33. The van der Waals surface area contributed by atoms with E-state index < -0.39 is 0 Å². The van der Waals surface area contributed by atoms with E-state index in [9.17, 15) is 14.9 Å². The van der Waals surface area contributed by atoms with Crippen LogP contribution in [0.1, 0.15) is 27.2 Å². The largest absolute Gasteiger partial charge is 0.465 e. The lowest BCUT2D eigenvalue weighted by Gasteiger charge is -2.15. The molecule has 0 amide bonds. The third-order valence-corrected chi connectivity index (χ3v) is 3.19. The van der Waals surface area contributed by atoms with Crippen molar-refractivity contribution < 1.29 is 14.5 Å². The first kappa shape index (κ1) is 14.2. The van der Waals surface area contributed by atoms with E-state index in [0.717, 1.165) is 0 Å². The van der Waals surface area contributed by atoms with Gasteiger partial charge in [0.25, 0.3) is 0 Å². The van der Waals surface area contributed by atoms with Gasteiger partial charge >= 0.3 is 5.97 Å². The first-order valence-electron chi connectivity index (χ1n) is 4.95. The summed E-state index contributed by atoms with van der Waals surface area (Å²) in [6.07, 6.45) is 0.631. The van der Waals surface area contributed by atoms with Crippen molar-refractivity contribution in [3.8, 4) is 0 Å². The molecule has 0 saturated heterocycles. The number of nitrogens with zero attached hydrogens (tertiary/aromatic N) is 1. The molecular weight excluding hydrogens is 218 g/mol. The van der Waals surface area contributed by atoms with E-state index in [1.165, 1.54) is 11.8 Å². The second-order valence-electron chi connectivity index (χ2n) is 3.11. The molecule has 0 aliphatic rings. The average molecular weight is 235 g/mol. The molecule has 0 aliphatic carbocycles. The second kappa shape index (κ2) is 7.50. The number of thioether (sulfide) groups is 1. The summed E-state index contributed by atoms with van der Waals surface area (Å²) in [5, 5.41) is 9.79. The average Bonchev–Trinajstić information content (AvgIpc) is 2.13. The van der Waals surface area contributed by atoms with Crippen molar-refractivity contribution in [1.29, 1.82) is 0 Å². The summed E-state index contributed by atoms with van der Waals surface area (Å²) in [4.78, 5) is 21.3. The predicted molar refractivity (Wildman–Crippen MR) is 59.6 cm³/mol. The predicted octanol–water partition coefficient (Wildman–Crippen LogP) is 1.73. The smallest absolute Gasteiger partial charge is 0.319 e. The highest BCUT2D eigenvalue weighted by atomic mass is 32.2. The number of esters is 1. The third-order valence-electron chi connectivity index (χ3n) is 1.72. The number of carbonyl (C=O) groups is 1. The minimum atomic E-state index is -0.366. The molecule has 0 aromatic rings. The Balaban J connectivity index is 4.08. The molecule has 2 atom stereocenters. The maximum Gasteiger partial charge on any atom is 0.319 e. The summed E-state index contributed by atoms with van der Waals surface area (Å²) in [7, 11) is 0. The molecule has 0 spiro atoms. The molecule has 0 bridgehead atoms. The van der Waals surface area contributed by atoms with Gasteiger partial charge in [-0.1, -0.05) is 6.92 Å². The standard InChI is InChI=1S/C9H17NO4S/c1-4-8(9(11)14-5-2)15-7(3)6-10(12)13/h7-8H,4-6H2,1-3H3. The molecule has 0 saturated carbocycles. The van der Waals surface area contributed by atoms with Crippen LogP contribution in [0.2, 0.25) is 0 Å². The number of rotatable bonds is 7. The summed E-state index contributed by atoms with van der Waals surface area (Å²) in [6.45, 7) is 5.58. The lowest BCUT2D eigenvalue weighted by Crippen LogP contribution is -2.24. The first-order valence-corrected chi connectivity index (χ1v) is 5.89.